The SMILES string of the molecule is O=Cc1ccc(-c2sccc2[N+](=O)[O-])s1. The van der Waals surface area contributed by atoms with E-state index in [2.05, 4.69) is 0 Å². The average Bonchev–Trinajstić information content (AvgIpc) is 2.85. The molecule has 0 N–H and O–H groups in total. The molecule has 0 aromatic carbocycles. The Morgan fingerprint density at radius 3 is 2.73 bits per heavy atom. The quantitative estimate of drug-likeness (QED) is 0.469. The summed E-state index contributed by atoms with van der Waals surface area (Å²) >= 11 is 2.57. The first-order valence-corrected chi connectivity index (χ1v) is 5.69. The molecule has 0 aliphatic carbocycles. The number of carbonyl (C=O) groups excluding carboxylic acids is 1. The molecule has 2 aromatic heterocycles. The standard InChI is InChI=1S/C9H5NO3S2/c11-5-6-1-2-8(15-6)9-7(10(12)13)3-4-14-9/h1-5H. The summed E-state index contributed by atoms with van der Waals surface area (Å²) in [6.07, 6.45) is 0.744. The lowest BCUT2D eigenvalue weighted by atomic mass is 10.3. The number of hydrogen-bond donors (Lipinski definition) is 0. The number of carbonyl (C=O) groups is 1. The monoisotopic (exact) mass is 239 g/mol. The second-order valence-electron chi connectivity index (χ2n) is 2.71. The number of rotatable bonds is 3. The average molecular weight is 239 g/mol. The number of thiophene rings is 2. The zero-order valence-corrected chi connectivity index (χ0v) is 9.01. The molecule has 0 atom stereocenters. The summed E-state index contributed by atoms with van der Waals surface area (Å²) in [7, 11) is 0. The van der Waals surface area contributed by atoms with E-state index in [0.29, 0.717) is 9.75 Å². The van der Waals surface area contributed by atoms with Crippen molar-refractivity contribution in [3.63, 3.8) is 0 Å². The highest BCUT2D eigenvalue weighted by atomic mass is 32.1. The molecule has 0 bridgehead atoms. The van der Waals surface area contributed by atoms with E-state index < -0.39 is 4.92 Å². The Morgan fingerprint density at radius 1 is 1.33 bits per heavy atom. The van der Waals surface area contributed by atoms with E-state index in [1.165, 1.54) is 28.7 Å². The molecule has 0 spiro atoms. The minimum absolute atomic E-state index is 0.0966. The van der Waals surface area contributed by atoms with Crippen molar-refractivity contribution in [3.05, 3.63) is 38.6 Å². The van der Waals surface area contributed by atoms with Gasteiger partial charge in [0.1, 0.15) is 4.88 Å². The van der Waals surface area contributed by atoms with Crippen molar-refractivity contribution in [1.82, 2.24) is 0 Å². The maximum Gasteiger partial charge on any atom is 0.288 e. The highest BCUT2D eigenvalue weighted by Crippen LogP contribution is 2.38. The first-order valence-electron chi connectivity index (χ1n) is 3.99. The summed E-state index contributed by atoms with van der Waals surface area (Å²) in [4.78, 5) is 22.7. The molecule has 4 nitrogen and oxygen atoms in total. The Kier molecular flexibility index (Phi) is 2.61. The molecule has 2 rings (SSSR count). The number of nitrogens with zero attached hydrogens (tertiary/aromatic N) is 1. The summed E-state index contributed by atoms with van der Waals surface area (Å²) in [5.74, 6) is 0. The molecular formula is C9H5NO3S2. The Hall–Kier alpha value is -1.53. The lowest BCUT2D eigenvalue weighted by Crippen LogP contribution is -1.85. The maximum atomic E-state index is 10.7. The Labute approximate surface area is 92.9 Å². The third-order valence-electron chi connectivity index (χ3n) is 1.81. The molecule has 0 radical (unpaired) electrons. The molecule has 0 amide bonds. The minimum atomic E-state index is -0.411. The van der Waals surface area contributed by atoms with Gasteiger partial charge in [0, 0.05) is 6.07 Å². The molecule has 0 saturated carbocycles. The fourth-order valence-corrected chi connectivity index (χ4v) is 2.99. The van der Waals surface area contributed by atoms with E-state index in [9.17, 15) is 14.9 Å². The van der Waals surface area contributed by atoms with Gasteiger partial charge < -0.3 is 0 Å². The Bertz CT molecular complexity index is 515. The van der Waals surface area contributed by atoms with Crippen LogP contribution in [0.1, 0.15) is 9.67 Å². The van der Waals surface area contributed by atoms with Crippen molar-refractivity contribution in [1.29, 1.82) is 0 Å². The third kappa shape index (κ3) is 1.81. The second-order valence-corrected chi connectivity index (χ2v) is 4.74. The van der Waals surface area contributed by atoms with E-state index >= 15 is 0 Å². The maximum absolute atomic E-state index is 10.7. The lowest BCUT2D eigenvalue weighted by Gasteiger charge is -1.91. The van der Waals surface area contributed by atoms with Crippen LogP contribution in [0.15, 0.2) is 23.6 Å². The van der Waals surface area contributed by atoms with E-state index in [1.807, 2.05) is 0 Å². The summed E-state index contributed by atoms with van der Waals surface area (Å²) in [6.45, 7) is 0. The third-order valence-corrected chi connectivity index (χ3v) is 3.90. The minimum Gasteiger partial charge on any atom is -0.297 e. The molecule has 0 unspecified atom stereocenters. The summed E-state index contributed by atoms with van der Waals surface area (Å²) in [5, 5.41) is 12.4. The first kappa shape index (κ1) is 10.0. The van der Waals surface area contributed by atoms with Gasteiger partial charge in [-0.2, -0.15) is 0 Å². The summed E-state index contributed by atoms with van der Waals surface area (Å²) < 4.78 is 0. The van der Waals surface area contributed by atoms with Crippen LogP contribution in [0.5, 0.6) is 0 Å². The predicted octanol–water partition coefficient (Wildman–Crippen LogP) is 3.20. The van der Waals surface area contributed by atoms with Crippen molar-refractivity contribution >= 4 is 34.6 Å². The van der Waals surface area contributed by atoms with Crippen molar-refractivity contribution in [2.24, 2.45) is 0 Å². The summed E-state index contributed by atoms with van der Waals surface area (Å²) in [6, 6.07) is 4.87. The second kappa shape index (κ2) is 3.92. The van der Waals surface area contributed by atoms with Crippen LogP contribution in [0.25, 0.3) is 9.75 Å². The molecule has 2 aromatic rings. The van der Waals surface area contributed by atoms with Crippen LogP contribution in [0.3, 0.4) is 0 Å². The fourth-order valence-electron chi connectivity index (χ4n) is 1.17. The van der Waals surface area contributed by atoms with Gasteiger partial charge in [-0.25, -0.2) is 0 Å². The summed E-state index contributed by atoms with van der Waals surface area (Å²) in [5.41, 5.74) is 0.0966. The van der Waals surface area contributed by atoms with Gasteiger partial charge in [-0.1, -0.05) is 0 Å². The van der Waals surface area contributed by atoms with Crippen molar-refractivity contribution in [3.8, 4) is 9.75 Å². The van der Waals surface area contributed by atoms with Gasteiger partial charge in [0.2, 0.25) is 0 Å². The zero-order valence-electron chi connectivity index (χ0n) is 7.38. The van der Waals surface area contributed by atoms with Crippen molar-refractivity contribution in [2.45, 2.75) is 0 Å². The highest BCUT2D eigenvalue weighted by Gasteiger charge is 2.17. The first-order chi connectivity index (χ1) is 7.22. The predicted molar refractivity (Wildman–Crippen MR) is 59.7 cm³/mol. The van der Waals surface area contributed by atoms with Crippen LogP contribution in [-0.4, -0.2) is 11.2 Å². The van der Waals surface area contributed by atoms with Gasteiger partial charge in [0.25, 0.3) is 5.69 Å². The van der Waals surface area contributed by atoms with Crippen molar-refractivity contribution in [2.75, 3.05) is 0 Å². The van der Waals surface area contributed by atoms with Gasteiger partial charge in [0.15, 0.2) is 6.29 Å². The van der Waals surface area contributed by atoms with Crippen LogP contribution in [0.4, 0.5) is 5.69 Å². The van der Waals surface area contributed by atoms with E-state index in [1.54, 1.807) is 17.5 Å². The van der Waals surface area contributed by atoms with Gasteiger partial charge >= 0.3 is 0 Å². The van der Waals surface area contributed by atoms with Gasteiger partial charge in [-0.05, 0) is 17.5 Å². The molecule has 2 heterocycles. The van der Waals surface area contributed by atoms with E-state index in [-0.39, 0.29) is 5.69 Å². The smallest absolute Gasteiger partial charge is 0.288 e. The Morgan fingerprint density at radius 2 is 2.13 bits per heavy atom. The molecule has 15 heavy (non-hydrogen) atoms. The van der Waals surface area contributed by atoms with E-state index in [0.717, 1.165) is 11.2 Å². The fraction of sp³-hybridized carbons (Fsp3) is 0. The van der Waals surface area contributed by atoms with Gasteiger partial charge in [-0.3, -0.25) is 14.9 Å². The Balaban J connectivity index is 2.48. The van der Waals surface area contributed by atoms with Crippen molar-refractivity contribution < 1.29 is 9.72 Å². The van der Waals surface area contributed by atoms with Crippen LogP contribution >= 0.6 is 22.7 Å². The lowest BCUT2D eigenvalue weighted by molar-refractivity contribution is -0.383. The zero-order chi connectivity index (χ0) is 10.8. The van der Waals surface area contributed by atoms with Crippen LogP contribution in [0, 0.1) is 10.1 Å². The molecule has 0 saturated heterocycles. The topological polar surface area (TPSA) is 60.2 Å². The highest BCUT2D eigenvalue weighted by molar-refractivity contribution is 7.22. The van der Waals surface area contributed by atoms with Crippen LogP contribution in [0.2, 0.25) is 0 Å². The van der Waals surface area contributed by atoms with Crippen LogP contribution < -0.4 is 0 Å². The molecule has 0 aliphatic heterocycles. The number of hydrogen-bond acceptors (Lipinski definition) is 5. The number of aldehydes is 1. The van der Waals surface area contributed by atoms with E-state index in [4.69, 9.17) is 0 Å². The van der Waals surface area contributed by atoms with Crippen LogP contribution in [-0.2, 0) is 0 Å². The molecule has 0 aliphatic rings. The molecule has 0 fully saturated rings. The molecule has 76 valence electrons. The van der Waals surface area contributed by atoms with Gasteiger partial charge in [0.05, 0.1) is 14.7 Å². The molecule has 6 heteroatoms. The number of nitro groups is 1. The normalized spacial score (nSPS) is 10.1. The van der Waals surface area contributed by atoms with Gasteiger partial charge in [-0.15, -0.1) is 22.7 Å². The molecular weight excluding hydrogens is 234 g/mol. The largest absolute Gasteiger partial charge is 0.297 e.